The molecule has 0 aromatic heterocycles. The fraction of sp³-hybridized carbons (Fsp3) is 0.391. The normalized spacial score (nSPS) is 15.4. The summed E-state index contributed by atoms with van der Waals surface area (Å²) in [4.78, 5) is 27.7. The highest BCUT2D eigenvalue weighted by Gasteiger charge is 2.27. The number of hydrogen-bond acceptors (Lipinski definition) is 5. The van der Waals surface area contributed by atoms with Gasteiger partial charge in [0.1, 0.15) is 11.5 Å². The molecular weight excluding hydrogens is 396 g/mol. The molecule has 1 saturated carbocycles. The minimum absolute atomic E-state index is 0.0917. The van der Waals surface area contributed by atoms with Crippen molar-refractivity contribution in [1.29, 1.82) is 0 Å². The average Bonchev–Trinajstić information content (AvgIpc) is 3.41. The van der Waals surface area contributed by atoms with E-state index in [0.29, 0.717) is 28.4 Å². The molecule has 0 unspecified atom stereocenters. The molecule has 31 heavy (non-hydrogen) atoms. The molecule has 1 heterocycles. The van der Waals surface area contributed by atoms with Crippen LogP contribution in [0.3, 0.4) is 0 Å². The predicted molar refractivity (Wildman–Crippen MR) is 121 cm³/mol. The molecule has 2 aromatic carbocycles. The number of rotatable bonds is 7. The SMILES string of the molecule is COc1cc(NC(=O)Nc2ccc(N3CCCC3)c(C(=O)NC3CC3)c2)cc(OC)c1. The molecule has 0 radical (unpaired) electrons. The lowest BCUT2D eigenvalue weighted by Crippen LogP contribution is -2.29. The first-order chi connectivity index (χ1) is 15.1. The fourth-order valence-corrected chi connectivity index (χ4v) is 3.69. The number of anilines is 3. The zero-order valence-corrected chi connectivity index (χ0v) is 17.9. The van der Waals surface area contributed by atoms with E-state index in [1.807, 2.05) is 12.1 Å². The summed E-state index contributed by atoms with van der Waals surface area (Å²) in [5.74, 6) is 1.05. The van der Waals surface area contributed by atoms with E-state index < -0.39 is 6.03 Å². The lowest BCUT2D eigenvalue weighted by Gasteiger charge is -2.22. The van der Waals surface area contributed by atoms with Crippen molar-refractivity contribution in [3.05, 3.63) is 42.0 Å². The van der Waals surface area contributed by atoms with Crippen molar-refractivity contribution in [2.24, 2.45) is 0 Å². The lowest BCUT2D eigenvalue weighted by molar-refractivity contribution is 0.0951. The van der Waals surface area contributed by atoms with Crippen molar-refractivity contribution < 1.29 is 19.1 Å². The lowest BCUT2D eigenvalue weighted by atomic mass is 10.1. The number of hydrogen-bond donors (Lipinski definition) is 3. The van der Waals surface area contributed by atoms with Crippen LogP contribution in [0.2, 0.25) is 0 Å². The van der Waals surface area contributed by atoms with Gasteiger partial charge in [0, 0.05) is 54.4 Å². The summed E-state index contributed by atoms with van der Waals surface area (Å²) in [5.41, 5.74) is 2.60. The monoisotopic (exact) mass is 424 g/mol. The first-order valence-electron chi connectivity index (χ1n) is 10.6. The van der Waals surface area contributed by atoms with E-state index in [1.54, 1.807) is 38.5 Å². The number of nitrogens with zero attached hydrogens (tertiary/aromatic N) is 1. The maximum atomic E-state index is 12.8. The van der Waals surface area contributed by atoms with E-state index >= 15 is 0 Å². The highest BCUT2D eigenvalue weighted by molar-refractivity contribution is 6.04. The van der Waals surface area contributed by atoms with Gasteiger partial charge >= 0.3 is 6.03 Å². The Labute approximate surface area is 181 Å². The number of nitrogens with one attached hydrogen (secondary N) is 3. The number of urea groups is 1. The van der Waals surface area contributed by atoms with Gasteiger partial charge in [0.05, 0.1) is 19.8 Å². The fourth-order valence-electron chi connectivity index (χ4n) is 3.69. The average molecular weight is 425 g/mol. The standard InChI is InChI=1S/C23H28N4O4/c1-30-18-11-17(12-19(14-18)31-2)26-23(29)25-16-7-8-21(27-9-3-4-10-27)20(13-16)22(28)24-15-5-6-15/h7-8,11-15H,3-6,9-10H2,1-2H3,(H,24,28)(H2,25,26,29). The van der Waals surface area contributed by atoms with E-state index in [9.17, 15) is 9.59 Å². The van der Waals surface area contributed by atoms with Crippen molar-refractivity contribution >= 4 is 29.0 Å². The Hall–Kier alpha value is -3.42. The van der Waals surface area contributed by atoms with Crippen molar-refractivity contribution in [2.75, 3.05) is 42.8 Å². The molecule has 4 rings (SSSR count). The third-order valence-electron chi connectivity index (χ3n) is 5.47. The van der Waals surface area contributed by atoms with Crippen LogP contribution in [-0.2, 0) is 0 Å². The van der Waals surface area contributed by atoms with E-state index in [4.69, 9.17) is 9.47 Å². The van der Waals surface area contributed by atoms with Gasteiger partial charge in [0.15, 0.2) is 0 Å². The molecular formula is C23H28N4O4. The first-order valence-corrected chi connectivity index (χ1v) is 10.6. The highest BCUT2D eigenvalue weighted by Crippen LogP contribution is 2.30. The van der Waals surface area contributed by atoms with Gasteiger partial charge in [-0.1, -0.05) is 0 Å². The largest absolute Gasteiger partial charge is 0.497 e. The topological polar surface area (TPSA) is 91.9 Å². The maximum Gasteiger partial charge on any atom is 0.323 e. The second-order valence-corrected chi connectivity index (χ2v) is 7.85. The molecule has 8 nitrogen and oxygen atoms in total. The number of carbonyl (C=O) groups is 2. The van der Waals surface area contributed by atoms with Gasteiger partial charge in [-0.05, 0) is 43.9 Å². The maximum absolute atomic E-state index is 12.8. The van der Waals surface area contributed by atoms with Gasteiger partial charge in [-0.25, -0.2) is 4.79 Å². The van der Waals surface area contributed by atoms with Gasteiger partial charge in [0.25, 0.3) is 5.91 Å². The van der Waals surface area contributed by atoms with Crippen LogP contribution >= 0.6 is 0 Å². The molecule has 8 heteroatoms. The Kier molecular flexibility index (Phi) is 6.16. The predicted octanol–water partition coefficient (Wildman–Crippen LogP) is 3.84. The first kappa shape index (κ1) is 20.8. The van der Waals surface area contributed by atoms with Crippen LogP contribution in [0.1, 0.15) is 36.0 Å². The van der Waals surface area contributed by atoms with Gasteiger partial charge in [-0.3, -0.25) is 4.79 Å². The molecule has 0 atom stereocenters. The number of carbonyl (C=O) groups excluding carboxylic acids is 2. The van der Waals surface area contributed by atoms with Crippen LogP contribution < -0.4 is 30.3 Å². The smallest absolute Gasteiger partial charge is 0.323 e. The van der Waals surface area contributed by atoms with Crippen LogP contribution in [-0.4, -0.2) is 45.3 Å². The van der Waals surface area contributed by atoms with Crippen LogP contribution in [0, 0.1) is 0 Å². The van der Waals surface area contributed by atoms with Crippen molar-refractivity contribution in [3.63, 3.8) is 0 Å². The van der Waals surface area contributed by atoms with E-state index in [2.05, 4.69) is 20.9 Å². The van der Waals surface area contributed by atoms with E-state index in [-0.39, 0.29) is 11.9 Å². The summed E-state index contributed by atoms with van der Waals surface area (Å²) in [6.07, 6.45) is 4.29. The summed E-state index contributed by atoms with van der Waals surface area (Å²) in [5, 5.41) is 8.65. The number of amides is 3. The van der Waals surface area contributed by atoms with Gasteiger partial charge in [-0.2, -0.15) is 0 Å². The Morgan fingerprint density at radius 1 is 0.903 bits per heavy atom. The van der Waals surface area contributed by atoms with Crippen LogP contribution in [0.5, 0.6) is 11.5 Å². The van der Waals surface area contributed by atoms with Gasteiger partial charge < -0.3 is 30.3 Å². The molecule has 164 valence electrons. The molecule has 3 N–H and O–H groups in total. The Morgan fingerprint density at radius 2 is 1.55 bits per heavy atom. The van der Waals surface area contributed by atoms with Crippen LogP contribution in [0.4, 0.5) is 21.9 Å². The molecule has 3 amide bonds. The van der Waals surface area contributed by atoms with E-state index in [1.165, 1.54) is 0 Å². The molecule has 2 aliphatic rings. The van der Waals surface area contributed by atoms with Gasteiger partial charge in [-0.15, -0.1) is 0 Å². The summed E-state index contributed by atoms with van der Waals surface area (Å²) in [6, 6.07) is 10.5. The minimum atomic E-state index is -0.419. The second kappa shape index (κ2) is 9.16. The molecule has 1 saturated heterocycles. The summed E-state index contributed by atoms with van der Waals surface area (Å²) < 4.78 is 10.5. The third-order valence-corrected chi connectivity index (χ3v) is 5.47. The second-order valence-electron chi connectivity index (χ2n) is 7.85. The molecule has 0 bridgehead atoms. The highest BCUT2D eigenvalue weighted by atomic mass is 16.5. The number of ether oxygens (including phenoxy) is 2. The summed E-state index contributed by atoms with van der Waals surface area (Å²) in [6.45, 7) is 1.88. The molecule has 2 aromatic rings. The van der Waals surface area contributed by atoms with E-state index in [0.717, 1.165) is 44.5 Å². The molecule has 2 fully saturated rings. The third kappa shape index (κ3) is 5.20. The summed E-state index contributed by atoms with van der Waals surface area (Å²) >= 11 is 0. The van der Waals surface area contributed by atoms with Crippen LogP contribution in [0.25, 0.3) is 0 Å². The number of methoxy groups -OCH3 is 2. The zero-order chi connectivity index (χ0) is 21.8. The van der Waals surface area contributed by atoms with Gasteiger partial charge in [0.2, 0.25) is 0 Å². The molecule has 1 aliphatic heterocycles. The Balaban J connectivity index is 1.51. The summed E-state index contributed by atoms with van der Waals surface area (Å²) in [7, 11) is 3.10. The molecule has 1 aliphatic carbocycles. The zero-order valence-electron chi connectivity index (χ0n) is 17.9. The van der Waals surface area contributed by atoms with Crippen molar-refractivity contribution in [2.45, 2.75) is 31.7 Å². The Morgan fingerprint density at radius 3 is 2.16 bits per heavy atom. The minimum Gasteiger partial charge on any atom is -0.497 e. The van der Waals surface area contributed by atoms with Crippen LogP contribution in [0.15, 0.2) is 36.4 Å². The number of benzene rings is 2. The van der Waals surface area contributed by atoms with Crippen molar-refractivity contribution in [1.82, 2.24) is 5.32 Å². The Bertz CT molecular complexity index is 946. The quantitative estimate of drug-likeness (QED) is 0.628. The van der Waals surface area contributed by atoms with Crippen molar-refractivity contribution in [3.8, 4) is 11.5 Å². The molecule has 0 spiro atoms.